The fraction of sp³-hybridized carbons (Fsp3) is 0. The Bertz CT molecular complexity index is 428. The molecule has 0 aromatic heterocycles. The smallest absolute Gasteiger partial charge is 0.264 e. The molecule has 13 heavy (non-hydrogen) atoms. The molecule has 1 aromatic carbocycles. The van der Waals surface area contributed by atoms with Gasteiger partial charge < -0.3 is 0 Å². The third-order valence-corrected chi connectivity index (χ3v) is 4.43. The number of hydrogen-bond acceptors (Lipinski definition) is 3. The number of hydrogen-bond donors (Lipinski definition) is 0. The van der Waals surface area contributed by atoms with E-state index in [9.17, 15) is 9.59 Å². The number of fused-ring (bicyclic) bond motifs is 1. The molecule has 0 amide bonds. The first-order valence-corrected chi connectivity index (χ1v) is 5.75. The number of carbonyl (C=O) groups excluding carboxylic acids is 2. The Balaban J connectivity index is 2.66. The summed E-state index contributed by atoms with van der Waals surface area (Å²) in [7, 11) is 0. The summed E-state index contributed by atoms with van der Waals surface area (Å²) in [6.07, 6.45) is 0. The standard InChI is InChI=1S/C8H2Br2O2S/c9-4-1-3-6(2-5(4)10)13-8(12)7(3)11/h1-2H. The van der Waals surface area contributed by atoms with Crippen LogP contribution in [0.1, 0.15) is 10.4 Å². The fourth-order valence-electron chi connectivity index (χ4n) is 1.05. The quantitative estimate of drug-likeness (QED) is 0.689. The molecule has 0 bridgehead atoms. The third-order valence-electron chi connectivity index (χ3n) is 1.66. The minimum absolute atomic E-state index is 0.403. The fourth-order valence-corrected chi connectivity index (χ4v) is 2.73. The molecule has 0 saturated carbocycles. The van der Waals surface area contributed by atoms with Crippen LogP contribution in [0.3, 0.4) is 0 Å². The van der Waals surface area contributed by atoms with E-state index >= 15 is 0 Å². The third kappa shape index (κ3) is 1.49. The Labute approximate surface area is 95.3 Å². The number of Topliss-reactive ketones (excluding diaryl/α,β-unsaturated/α-hetero) is 1. The lowest BCUT2D eigenvalue weighted by atomic mass is 10.1. The molecule has 0 radical (unpaired) electrons. The first kappa shape index (κ1) is 9.43. The molecule has 0 fully saturated rings. The molecule has 0 aliphatic carbocycles. The molecule has 2 nitrogen and oxygen atoms in total. The van der Waals surface area contributed by atoms with Crippen molar-refractivity contribution in [1.82, 2.24) is 0 Å². The zero-order chi connectivity index (χ0) is 9.59. The molecule has 2 rings (SSSR count). The average Bonchev–Trinajstić information content (AvgIpc) is 2.32. The van der Waals surface area contributed by atoms with E-state index in [0.29, 0.717) is 5.56 Å². The van der Waals surface area contributed by atoms with Crippen LogP contribution in [-0.4, -0.2) is 10.9 Å². The van der Waals surface area contributed by atoms with Crippen molar-refractivity contribution in [3.05, 3.63) is 26.6 Å². The maximum absolute atomic E-state index is 11.3. The van der Waals surface area contributed by atoms with E-state index in [2.05, 4.69) is 31.9 Å². The molecule has 1 aromatic rings. The number of halogens is 2. The van der Waals surface area contributed by atoms with Crippen molar-refractivity contribution in [1.29, 1.82) is 0 Å². The summed E-state index contributed by atoms with van der Waals surface area (Å²) in [5.74, 6) is -0.409. The molecule has 1 heterocycles. The maximum Gasteiger partial charge on any atom is 0.264 e. The summed E-state index contributed by atoms with van der Waals surface area (Å²) in [4.78, 5) is 23.0. The topological polar surface area (TPSA) is 34.1 Å². The van der Waals surface area contributed by atoms with Gasteiger partial charge in [0.25, 0.3) is 5.12 Å². The summed E-state index contributed by atoms with van der Waals surface area (Å²) >= 11 is 7.57. The van der Waals surface area contributed by atoms with Gasteiger partial charge in [-0.15, -0.1) is 0 Å². The van der Waals surface area contributed by atoms with Crippen LogP contribution in [0.4, 0.5) is 0 Å². The van der Waals surface area contributed by atoms with Gasteiger partial charge in [-0.25, -0.2) is 0 Å². The predicted octanol–water partition coefficient (Wildman–Crippen LogP) is 3.03. The minimum Gasteiger partial charge on any atom is -0.284 e. The van der Waals surface area contributed by atoms with Crippen LogP contribution < -0.4 is 0 Å². The van der Waals surface area contributed by atoms with Crippen molar-refractivity contribution in [2.24, 2.45) is 0 Å². The number of rotatable bonds is 0. The molecule has 0 N–H and O–H groups in total. The van der Waals surface area contributed by atoms with Crippen molar-refractivity contribution in [2.75, 3.05) is 0 Å². The molecule has 1 aliphatic heterocycles. The highest BCUT2D eigenvalue weighted by molar-refractivity contribution is 9.13. The number of benzene rings is 1. The van der Waals surface area contributed by atoms with Crippen LogP contribution in [0.2, 0.25) is 0 Å². The summed E-state index contributed by atoms with van der Waals surface area (Å²) in [5.41, 5.74) is 0.491. The lowest BCUT2D eigenvalue weighted by Crippen LogP contribution is -2.02. The molecule has 0 atom stereocenters. The van der Waals surface area contributed by atoms with Gasteiger partial charge in [-0.05, 0) is 55.8 Å². The van der Waals surface area contributed by atoms with Gasteiger partial charge in [0.15, 0.2) is 0 Å². The summed E-state index contributed by atoms with van der Waals surface area (Å²) in [5, 5.41) is -0.403. The summed E-state index contributed by atoms with van der Waals surface area (Å²) in [6.45, 7) is 0. The average molecular weight is 322 g/mol. The molecular formula is C8H2Br2O2S. The first-order valence-electron chi connectivity index (χ1n) is 3.35. The lowest BCUT2D eigenvalue weighted by Gasteiger charge is -1.98. The number of thioether (sulfide) groups is 1. The highest BCUT2D eigenvalue weighted by Gasteiger charge is 2.29. The SMILES string of the molecule is O=C1Sc2cc(Br)c(Br)cc2C1=O. The van der Waals surface area contributed by atoms with Gasteiger partial charge in [0, 0.05) is 19.4 Å². The van der Waals surface area contributed by atoms with Gasteiger partial charge in [0.2, 0.25) is 5.78 Å². The van der Waals surface area contributed by atoms with Gasteiger partial charge >= 0.3 is 0 Å². The zero-order valence-corrected chi connectivity index (χ0v) is 10.1. The Morgan fingerprint density at radius 2 is 1.69 bits per heavy atom. The van der Waals surface area contributed by atoms with Crippen molar-refractivity contribution < 1.29 is 9.59 Å². The van der Waals surface area contributed by atoms with Crippen LogP contribution in [0.25, 0.3) is 0 Å². The zero-order valence-electron chi connectivity index (χ0n) is 6.14. The minimum atomic E-state index is -0.409. The van der Waals surface area contributed by atoms with Crippen LogP contribution in [0, 0.1) is 0 Å². The molecular weight excluding hydrogens is 320 g/mol. The Hall–Kier alpha value is -0.130. The first-order chi connectivity index (χ1) is 6.09. The molecule has 66 valence electrons. The van der Waals surface area contributed by atoms with Crippen LogP contribution in [0.15, 0.2) is 26.0 Å². The van der Waals surface area contributed by atoms with Crippen LogP contribution in [-0.2, 0) is 4.79 Å². The van der Waals surface area contributed by atoms with Gasteiger partial charge in [0.05, 0.1) is 0 Å². The molecule has 0 unspecified atom stereocenters. The molecule has 1 aliphatic rings. The maximum atomic E-state index is 11.3. The van der Waals surface area contributed by atoms with Crippen molar-refractivity contribution in [3.63, 3.8) is 0 Å². The highest BCUT2D eigenvalue weighted by atomic mass is 79.9. The van der Waals surface area contributed by atoms with E-state index < -0.39 is 10.9 Å². The molecule has 0 spiro atoms. The molecule has 0 saturated heterocycles. The van der Waals surface area contributed by atoms with Crippen molar-refractivity contribution >= 4 is 54.5 Å². The van der Waals surface area contributed by atoms with Gasteiger partial charge in [-0.1, -0.05) is 0 Å². The van der Waals surface area contributed by atoms with Crippen molar-refractivity contribution in [2.45, 2.75) is 4.90 Å². The second kappa shape index (κ2) is 3.22. The van der Waals surface area contributed by atoms with Gasteiger partial charge in [0.1, 0.15) is 0 Å². The highest BCUT2D eigenvalue weighted by Crippen LogP contribution is 2.37. The lowest BCUT2D eigenvalue weighted by molar-refractivity contribution is -0.107. The van der Waals surface area contributed by atoms with E-state index in [1.165, 1.54) is 0 Å². The van der Waals surface area contributed by atoms with E-state index in [-0.39, 0.29) is 0 Å². The Morgan fingerprint density at radius 1 is 1.08 bits per heavy atom. The second-order valence-corrected chi connectivity index (χ2v) is 5.20. The summed E-state index contributed by atoms with van der Waals surface area (Å²) < 4.78 is 1.64. The van der Waals surface area contributed by atoms with E-state index in [0.717, 1.165) is 25.6 Å². The summed E-state index contributed by atoms with van der Waals surface area (Å²) in [6, 6.07) is 3.44. The second-order valence-electron chi connectivity index (χ2n) is 2.48. The Kier molecular flexibility index (Phi) is 2.33. The predicted molar refractivity (Wildman–Crippen MR) is 57.0 cm³/mol. The van der Waals surface area contributed by atoms with Gasteiger partial charge in [-0.2, -0.15) is 0 Å². The largest absolute Gasteiger partial charge is 0.284 e. The van der Waals surface area contributed by atoms with Crippen LogP contribution in [0.5, 0.6) is 0 Å². The number of ketones is 1. The monoisotopic (exact) mass is 320 g/mol. The van der Waals surface area contributed by atoms with Crippen molar-refractivity contribution in [3.8, 4) is 0 Å². The van der Waals surface area contributed by atoms with E-state index in [4.69, 9.17) is 0 Å². The van der Waals surface area contributed by atoms with E-state index in [1.807, 2.05) is 0 Å². The van der Waals surface area contributed by atoms with Gasteiger partial charge in [-0.3, -0.25) is 9.59 Å². The number of carbonyl (C=O) groups is 2. The normalized spacial score (nSPS) is 14.9. The van der Waals surface area contributed by atoms with Crippen LogP contribution >= 0.6 is 43.6 Å². The van der Waals surface area contributed by atoms with E-state index in [1.54, 1.807) is 12.1 Å². The molecule has 5 heteroatoms. The Morgan fingerprint density at radius 3 is 2.38 bits per heavy atom.